The van der Waals surface area contributed by atoms with Crippen molar-refractivity contribution in [1.82, 2.24) is 10.6 Å². The highest BCUT2D eigenvalue weighted by Gasteiger charge is 2.07. The summed E-state index contributed by atoms with van der Waals surface area (Å²) in [5.41, 5.74) is 1.20. The summed E-state index contributed by atoms with van der Waals surface area (Å²) in [5, 5.41) is 15.7. The highest BCUT2D eigenvalue weighted by Crippen LogP contribution is 2.12. The number of nitrogens with zero attached hydrogens (tertiary/aromatic N) is 1. The van der Waals surface area contributed by atoms with Gasteiger partial charge in [0.2, 0.25) is 0 Å². The minimum absolute atomic E-state index is 0. The second kappa shape index (κ2) is 15.3. The molecule has 0 fully saturated rings. The smallest absolute Gasteiger partial charge is 0.191 e. The number of aliphatic hydroxyl groups is 1. The van der Waals surface area contributed by atoms with Gasteiger partial charge in [0.15, 0.2) is 5.96 Å². The molecule has 1 aromatic carbocycles. The lowest BCUT2D eigenvalue weighted by Crippen LogP contribution is -2.39. The van der Waals surface area contributed by atoms with Gasteiger partial charge in [-0.3, -0.25) is 4.99 Å². The van der Waals surface area contributed by atoms with Crippen LogP contribution in [0.25, 0.3) is 0 Å². The zero-order valence-corrected chi connectivity index (χ0v) is 18.1. The molecule has 0 aliphatic rings. The van der Waals surface area contributed by atoms with E-state index in [-0.39, 0.29) is 30.6 Å². The van der Waals surface area contributed by atoms with Crippen LogP contribution in [0.4, 0.5) is 0 Å². The Balaban J connectivity index is 0.00000576. The van der Waals surface area contributed by atoms with Gasteiger partial charge in [-0.2, -0.15) is 0 Å². The molecule has 0 amide bonds. The van der Waals surface area contributed by atoms with Gasteiger partial charge in [-0.15, -0.1) is 24.0 Å². The van der Waals surface area contributed by atoms with Gasteiger partial charge in [0.05, 0.1) is 6.54 Å². The van der Waals surface area contributed by atoms with Crippen LogP contribution in [0.15, 0.2) is 29.3 Å². The minimum Gasteiger partial charge on any atom is -0.492 e. The largest absolute Gasteiger partial charge is 0.492 e. The Morgan fingerprint density at radius 3 is 2.68 bits per heavy atom. The first-order valence-corrected chi connectivity index (χ1v) is 9.02. The zero-order chi connectivity index (χ0) is 17.6. The number of aliphatic hydroxyl groups excluding tert-OH is 1. The number of aliphatic imine (C=N–C) groups is 1. The van der Waals surface area contributed by atoms with E-state index < -0.39 is 0 Å². The molecule has 1 atom stereocenters. The Morgan fingerprint density at radius 1 is 1.24 bits per heavy atom. The van der Waals surface area contributed by atoms with Crippen molar-refractivity contribution in [3.63, 3.8) is 0 Å². The first kappa shape index (κ1) is 24.0. The van der Waals surface area contributed by atoms with E-state index in [1.807, 2.05) is 18.2 Å². The van der Waals surface area contributed by atoms with Gasteiger partial charge < -0.3 is 20.5 Å². The SMILES string of the molecule is CCCC(CCO)CN=C(NCC)NCCOc1cccc(C)c1.I. The van der Waals surface area contributed by atoms with Gasteiger partial charge in [-0.25, -0.2) is 0 Å². The van der Waals surface area contributed by atoms with E-state index >= 15 is 0 Å². The first-order valence-electron chi connectivity index (χ1n) is 9.02. The lowest BCUT2D eigenvalue weighted by molar-refractivity contribution is 0.253. The fraction of sp³-hybridized carbons (Fsp3) is 0.632. The van der Waals surface area contributed by atoms with Crippen molar-refractivity contribution < 1.29 is 9.84 Å². The van der Waals surface area contributed by atoms with Gasteiger partial charge >= 0.3 is 0 Å². The van der Waals surface area contributed by atoms with Crippen LogP contribution in [0.5, 0.6) is 5.75 Å². The van der Waals surface area contributed by atoms with Crippen LogP contribution in [-0.4, -0.2) is 43.9 Å². The van der Waals surface area contributed by atoms with Crippen molar-refractivity contribution in [2.45, 2.75) is 40.0 Å². The van der Waals surface area contributed by atoms with E-state index in [4.69, 9.17) is 9.84 Å². The number of guanidine groups is 1. The van der Waals surface area contributed by atoms with Crippen LogP contribution in [0.2, 0.25) is 0 Å². The second-order valence-electron chi connectivity index (χ2n) is 5.98. The van der Waals surface area contributed by atoms with Crippen LogP contribution in [0, 0.1) is 12.8 Å². The maximum absolute atomic E-state index is 9.14. The van der Waals surface area contributed by atoms with E-state index in [0.29, 0.717) is 19.1 Å². The van der Waals surface area contributed by atoms with Crippen molar-refractivity contribution in [2.75, 3.05) is 32.8 Å². The molecule has 3 N–H and O–H groups in total. The third-order valence-corrected chi connectivity index (χ3v) is 3.74. The van der Waals surface area contributed by atoms with Crippen LogP contribution < -0.4 is 15.4 Å². The monoisotopic (exact) mass is 463 g/mol. The molecule has 25 heavy (non-hydrogen) atoms. The Morgan fingerprint density at radius 2 is 2.04 bits per heavy atom. The number of hydrogen-bond donors (Lipinski definition) is 3. The number of aryl methyl sites for hydroxylation is 1. The Hall–Kier alpha value is -1.02. The first-order chi connectivity index (χ1) is 11.7. The quantitative estimate of drug-likeness (QED) is 0.204. The maximum Gasteiger partial charge on any atom is 0.191 e. The highest BCUT2D eigenvalue weighted by atomic mass is 127. The third kappa shape index (κ3) is 11.3. The summed E-state index contributed by atoms with van der Waals surface area (Å²) in [6.45, 7) is 9.35. The van der Waals surface area contributed by atoms with Crippen molar-refractivity contribution in [3.8, 4) is 5.75 Å². The molecule has 0 radical (unpaired) electrons. The van der Waals surface area contributed by atoms with E-state index in [1.54, 1.807) is 0 Å². The molecule has 5 nitrogen and oxygen atoms in total. The highest BCUT2D eigenvalue weighted by molar-refractivity contribution is 14.0. The van der Waals surface area contributed by atoms with Gasteiger partial charge in [-0.1, -0.05) is 25.5 Å². The number of ether oxygens (including phenoxy) is 1. The molecular formula is C19H34IN3O2. The number of halogens is 1. The van der Waals surface area contributed by atoms with E-state index in [9.17, 15) is 0 Å². The second-order valence-corrected chi connectivity index (χ2v) is 5.98. The van der Waals surface area contributed by atoms with Gasteiger partial charge in [0, 0.05) is 19.7 Å². The fourth-order valence-corrected chi connectivity index (χ4v) is 2.52. The summed E-state index contributed by atoms with van der Waals surface area (Å²) < 4.78 is 5.74. The molecule has 0 aromatic heterocycles. The Kier molecular flexibility index (Phi) is 14.6. The van der Waals surface area contributed by atoms with Gasteiger partial charge in [0.1, 0.15) is 12.4 Å². The third-order valence-electron chi connectivity index (χ3n) is 3.74. The number of hydrogen-bond acceptors (Lipinski definition) is 3. The zero-order valence-electron chi connectivity index (χ0n) is 15.8. The molecule has 0 saturated heterocycles. The normalized spacial score (nSPS) is 12.2. The van der Waals surface area contributed by atoms with Crippen LogP contribution >= 0.6 is 24.0 Å². The molecule has 0 saturated carbocycles. The van der Waals surface area contributed by atoms with Crippen LogP contribution in [0.3, 0.4) is 0 Å². The van der Waals surface area contributed by atoms with E-state index in [2.05, 4.69) is 42.5 Å². The molecule has 6 heteroatoms. The number of benzene rings is 1. The lowest BCUT2D eigenvalue weighted by atomic mass is 10.0. The van der Waals surface area contributed by atoms with E-state index in [0.717, 1.165) is 44.1 Å². The molecule has 0 spiro atoms. The maximum atomic E-state index is 9.14. The lowest BCUT2D eigenvalue weighted by Gasteiger charge is -2.15. The molecule has 0 heterocycles. The summed E-state index contributed by atoms with van der Waals surface area (Å²) in [5.74, 6) is 2.15. The summed E-state index contributed by atoms with van der Waals surface area (Å²) in [6, 6.07) is 8.05. The van der Waals surface area contributed by atoms with Crippen molar-refractivity contribution >= 4 is 29.9 Å². The van der Waals surface area contributed by atoms with Gasteiger partial charge in [0.25, 0.3) is 0 Å². The summed E-state index contributed by atoms with van der Waals surface area (Å²) >= 11 is 0. The van der Waals surface area contributed by atoms with E-state index in [1.165, 1.54) is 5.56 Å². The Bertz CT molecular complexity index is 477. The summed E-state index contributed by atoms with van der Waals surface area (Å²) in [7, 11) is 0. The topological polar surface area (TPSA) is 65.9 Å². The number of rotatable bonds is 11. The summed E-state index contributed by atoms with van der Waals surface area (Å²) in [6.07, 6.45) is 3.03. The predicted octanol–water partition coefficient (Wildman–Crippen LogP) is 3.35. The molecule has 1 aromatic rings. The molecular weight excluding hydrogens is 429 g/mol. The van der Waals surface area contributed by atoms with Crippen molar-refractivity contribution in [1.29, 1.82) is 0 Å². The van der Waals surface area contributed by atoms with Gasteiger partial charge in [-0.05, 0) is 50.3 Å². The van der Waals surface area contributed by atoms with Crippen LogP contribution in [0.1, 0.15) is 38.7 Å². The predicted molar refractivity (Wildman–Crippen MR) is 116 cm³/mol. The van der Waals surface area contributed by atoms with Crippen LogP contribution in [-0.2, 0) is 0 Å². The standard InChI is InChI=1S/C19H33N3O2.HI/c1-4-7-17(10-12-23)15-22-19(20-5-2)21-11-13-24-18-9-6-8-16(3)14-18;/h6,8-9,14,17,23H,4-5,7,10-13,15H2,1-3H3,(H2,20,21,22);1H. The van der Waals surface area contributed by atoms with Crippen molar-refractivity contribution in [3.05, 3.63) is 29.8 Å². The average Bonchev–Trinajstić information content (AvgIpc) is 2.56. The molecule has 0 bridgehead atoms. The van der Waals surface area contributed by atoms with Crippen molar-refractivity contribution in [2.24, 2.45) is 10.9 Å². The minimum atomic E-state index is 0. The molecule has 144 valence electrons. The fourth-order valence-electron chi connectivity index (χ4n) is 2.52. The Labute approximate surface area is 169 Å². The average molecular weight is 463 g/mol. The molecule has 1 rings (SSSR count). The summed E-state index contributed by atoms with van der Waals surface area (Å²) in [4.78, 5) is 4.64. The molecule has 0 aliphatic heterocycles. The molecule has 0 aliphatic carbocycles. The number of nitrogens with one attached hydrogen (secondary N) is 2. The molecule has 1 unspecified atom stereocenters.